The number of aliphatic hydroxyl groups excluding tert-OH is 1. The van der Waals surface area contributed by atoms with Crippen LogP contribution in [0, 0.1) is 0 Å². The van der Waals surface area contributed by atoms with Crippen LogP contribution in [0.1, 0.15) is 16.7 Å². The van der Waals surface area contributed by atoms with Crippen LogP contribution in [0.3, 0.4) is 0 Å². The summed E-state index contributed by atoms with van der Waals surface area (Å²) in [5.41, 5.74) is 2.33. The summed E-state index contributed by atoms with van der Waals surface area (Å²) < 4.78 is 6.51. The van der Waals surface area contributed by atoms with Gasteiger partial charge in [0.1, 0.15) is 5.60 Å². The Hall–Kier alpha value is -2.46. The summed E-state index contributed by atoms with van der Waals surface area (Å²) in [6, 6.07) is 30.5. The Labute approximate surface area is 155 Å². The van der Waals surface area contributed by atoms with Gasteiger partial charge in [0.15, 0.2) is 0 Å². The molecule has 0 amide bonds. The molecule has 134 valence electrons. The largest absolute Gasteiger partial charge is 0.389 e. The highest BCUT2D eigenvalue weighted by molar-refractivity contribution is 5.47. The molecular formula is C23H25NO2. The maximum absolute atomic E-state index is 10.3. The summed E-state index contributed by atoms with van der Waals surface area (Å²) in [5, 5.41) is 13.3. The fourth-order valence-corrected chi connectivity index (χ4v) is 3.28. The zero-order valence-electron chi connectivity index (χ0n) is 15.0. The van der Waals surface area contributed by atoms with Crippen molar-refractivity contribution in [3.63, 3.8) is 0 Å². The quantitative estimate of drug-likeness (QED) is 0.612. The molecule has 0 aliphatic carbocycles. The van der Waals surface area contributed by atoms with E-state index in [-0.39, 0.29) is 6.61 Å². The summed E-state index contributed by atoms with van der Waals surface area (Å²) in [6.45, 7) is 0.702. The number of ether oxygens (including phenoxy) is 1. The van der Waals surface area contributed by atoms with Gasteiger partial charge >= 0.3 is 0 Å². The molecule has 0 spiro atoms. The van der Waals surface area contributed by atoms with Crippen LogP contribution in [-0.4, -0.2) is 31.4 Å². The van der Waals surface area contributed by atoms with Gasteiger partial charge in [-0.25, -0.2) is 0 Å². The standard InChI is InChI=1S/C23H25NO2/c1-24-17-22(25)18-26-23(19-11-5-2-6-12-19,20-13-7-3-8-14-20)21-15-9-4-10-16-21/h2-16,22,24-25H,17-18H2,1H3/t22-/m0/s1. The van der Waals surface area contributed by atoms with Crippen LogP contribution in [0.2, 0.25) is 0 Å². The van der Waals surface area contributed by atoms with Crippen molar-refractivity contribution < 1.29 is 9.84 Å². The average Bonchev–Trinajstić information content (AvgIpc) is 2.71. The average molecular weight is 347 g/mol. The second kappa shape index (κ2) is 8.77. The van der Waals surface area contributed by atoms with Gasteiger partial charge in [0, 0.05) is 6.54 Å². The van der Waals surface area contributed by atoms with Crippen molar-refractivity contribution >= 4 is 0 Å². The van der Waals surface area contributed by atoms with E-state index in [1.807, 2.05) is 61.6 Å². The highest BCUT2D eigenvalue weighted by Crippen LogP contribution is 2.40. The minimum atomic E-state index is -0.779. The number of rotatable bonds is 8. The summed E-state index contributed by atoms with van der Waals surface area (Å²) in [5.74, 6) is 0. The molecule has 0 aromatic heterocycles. The summed E-state index contributed by atoms with van der Waals surface area (Å²) in [7, 11) is 1.82. The lowest BCUT2D eigenvalue weighted by atomic mass is 9.80. The Bertz CT molecular complexity index is 678. The molecule has 0 unspecified atom stereocenters. The van der Waals surface area contributed by atoms with E-state index in [0.717, 1.165) is 16.7 Å². The van der Waals surface area contributed by atoms with Gasteiger partial charge in [-0.3, -0.25) is 0 Å². The third-order valence-corrected chi connectivity index (χ3v) is 4.47. The highest BCUT2D eigenvalue weighted by Gasteiger charge is 2.37. The Morgan fingerprint density at radius 3 is 1.50 bits per heavy atom. The number of aliphatic hydroxyl groups is 1. The van der Waals surface area contributed by atoms with E-state index in [0.29, 0.717) is 6.54 Å². The normalized spacial score (nSPS) is 12.7. The predicted molar refractivity (Wildman–Crippen MR) is 105 cm³/mol. The first-order chi connectivity index (χ1) is 12.8. The van der Waals surface area contributed by atoms with Gasteiger partial charge in [-0.05, 0) is 23.7 Å². The van der Waals surface area contributed by atoms with E-state index in [9.17, 15) is 5.11 Å². The molecule has 3 rings (SSSR count). The Kier molecular flexibility index (Phi) is 6.18. The highest BCUT2D eigenvalue weighted by atomic mass is 16.5. The first-order valence-corrected chi connectivity index (χ1v) is 8.90. The number of hydrogen-bond acceptors (Lipinski definition) is 3. The van der Waals surface area contributed by atoms with Crippen LogP contribution in [0.5, 0.6) is 0 Å². The van der Waals surface area contributed by atoms with Crippen molar-refractivity contribution in [3.05, 3.63) is 108 Å². The number of benzene rings is 3. The van der Waals surface area contributed by atoms with Gasteiger partial charge in [0.2, 0.25) is 0 Å². The second-order valence-electron chi connectivity index (χ2n) is 6.30. The zero-order valence-corrected chi connectivity index (χ0v) is 15.0. The fourth-order valence-electron chi connectivity index (χ4n) is 3.28. The lowest BCUT2D eigenvalue weighted by Crippen LogP contribution is -2.38. The third kappa shape index (κ3) is 3.86. The van der Waals surface area contributed by atoms with Crippen molar-refractivity contribution in [1.29, 1.82) is 0 Å². The SMILES string of the molecule is CNC[C@H](O)COC(c1ccccc1)(c1ccccc1)c1ccccc1. The maximum atomic E-state index is 10.3. The smallest absolute Gasteiger partial charge is 0.143 e. The molecule has 0 fully saturated rings. The van der Waals surface area contributed by atoms with E-state index in [1.165, 1.54) is 0 Å². The van der Waals surface area contributed by atoms with Gasteiger partial charge in [0.05, 0.1) is 12.7 Å². The van der Waals surface area contributed by atoms with Crippen LogP contribution in [0.15, 0.2) is 91.0 Å². The van der Waals surface area contributed by atoms with E-state index in [1.54, 1.807) is 0 Å². The van der Waals surface area contributed by atoms with E-state index < -0.39 is 11.7 Å². The van der Waals surface area contributed by atoms with Crippen LogP contribution in [0.25, 0.3) is 0 Å². The zero-order chi connectivity index (χ0) is 18.2. The molecule has 3 nitrogen and oxygen atoms in total. The predicted octanol–water partition coefficient (Wildman–Crippen LogP) is 3.58. The molecule has 0 aliphatic rings. The van der Waals surface area contributed by atoms with Crippen LogP contribution in [-0.2, 0) is 10.3 Å². The summed E-state index contributed by atoms with van der Waals surface area (Å²) in [4.78, 5) is 0. The van der Waals surface area contributed by atoms with E-state index in [2.05, 4.69) is 41.7 Å². The molecule has 26 heavy (non-hydrogen) atoms. The molecule has 2 N–H and O–H groups in total. The van der Waals surface area contributed by atoms with Gasteiger partial charge in [-0.1, -0.05) is 91.0 Å². The minimum Gasteiger partial charge on any atom is -0.389 e. The van der Waals surface area contributed by atoms with Gasteiger partial charge in [0.25, 0.3) is 0 Å². The van der Waals surface area contributed by atoms with Crippen molar-refractivity contribution in [2.24, 2.45) is 0 Å². The number of hydrogen-bond donors (Lipinski definition) is 2. The molecular weight excluding hydrogens is 322 g/mol. The maximum Gasteiger partial charge on any atom is 0.143 e. The van der Waals surface area contributed by atoms with Crippen molar-refractivity contribution in [3.8, 4) is 0 Å². The van der Waals surface area contributed by atoms with Crippen molar-refractivity contribution in [2.45, 2.75) is 11.7 Å². The number of nitrogens with one attached hydrogen (secondary N) is 1. The first-order valence-electron chi connectivity index (χ1n) is 8.90. The molecule has 3 heteroatoms. The monoisotopic (exact) mass is 347 g/mol. The molecule has 3 aromatic rings. The molecule has 0 radical (unpaired) electrons. The molecule has 1 atom stereocenters. The Morgan fingerprint density at radius 1 is 0.769 bits per heavy atom. The minimum absolute atomic E-state index is 0.222. The Morgan fingerprint density at radius 2 is 1.15 bits per heavy atom. The van der Waals surface area contributed by atoms with Crippen LogP contribution in [0.4, 0.5) is 0 Å². The van der Waals surface area contributed by atoms with Crippen molar-refractivity contribution in [2.75, 3.05) is 20.2 Å². The third-order valence-electron chi connectivity index (χ3n) is 4.47. The summed E-state index contributed by atoms with van der Waals surface area (Å²) in [6.07, 6.45) is -0.587. The van der Waals surface area contributed by atoms with Crippen molar-refractivity contribution in [1.82, 2.24) is 5.32 Å². The molecule has 0 heterocycles. The molecule has 0 bridgehead atoms. The van der Waals surface area contributed by atoms with Gasteiger partial charge in [-0.15, -0.1) is 0 Å². The molecule has 3 aromatic carbocycles. The second-order valence-corrected chi connectivity index (χ2v) is 6.30. The van der Waals surface area contributed by atoms with Gasteiger partial charge < -0.3 is 15.2 Å². The fraction of sp³-hybridized carbons (Fsp3) is 0.217. The number of likely N-dealkylation sites (N-methyl/N-ethyl adjacent to an activating group) is 1. The topological polar surface area (TPSA) is 41.5 Å². The van der Waals surface area contributed by atoms with Crippen LogP contribution < -0.4 is 5.32 Å². The van der Waals surface area contributed by atoms with Crippen LogP contribution >= 0.6 is 0 Å². The molecule has 0 aliphatic heterocycles. The lowest BCUT2D eigenvalue weighted by Gasteiger charge is -2.36. The van der Waals surface area contributed by atoms with E-state index in [4.69, 9.17) is 4.74 Å². The van der Waals surface area contributed by atoms with E-state index >= 15 is 0 Å². The lowest BCUT2D eigenvalue weighted by molar-refractivity contribution is -0.0367. The summed E-state index contributed by atoms with van der Waals surface area (Å²) >= 11 is 0. The molecule has 0 saturated carbocycles. The van der Waals surface area contributed by atoms with Gasteiger partial charge in [-0.2, -0.15) is 0 Å². The first kappa shape index (κ1) is 18.3. The molecule has 0 saturated heterocycles. The Balaban J connectivity index is 2.15.